The molecule has 244 valence electrons. The van der Waals surface area contributed by atoms with Crippen molar-refractivity contribution in [2.24, 2.45) is 27.3 Å². The number of piperidine rings is 1. The average Bonchev–Trinajstić information content (AvgIpc) is 3.45. The number of hydrogen-bond acceptors (Lipinski definition) is 9. The van der Waals surface area contributed by atoms with E-state index in [2.05, 4.69) is 10.2 Å². The third kappa shape index (κ3) is 10.7. The fraction of sp³-hybridized carbons (Fsp3) is 0.667. The first-order chi connectivity index (χ1) is 20.7. The lowest BCUT2D eigenvalue weighted by atomic mass is 9.90. The van der Waals surface area contributed by atoms with Gasteiger partial charge in [-0.05, 0) is 43.6 Å². The Morgan fingerprint density at radius 1 is 1.09 bits per heavy atom. The van der Waals surface area contributed by atoms with Gasteiger partial charge in [-0.2, -0.15) is 9.42 Å². The van der Waals surface area contributed by atoms with Gasteiger partial charge in [-0.15, -0.1) is 5.11 Å². The highest BCUT2D eigenvalue weighted by molar-refractivity contribution is 7.88. The smallest absolute Gasteiger partial charge is 0.302 e. The second-order valence-electron chi connectivity index (χ2n) is 12.6. The van der Waals surface area contributed by atoms with Crippen LogP contribution in [0.2, 0.25) is 0 Å². The molecule has 2 aliphatic heterocycles. The number of carbonyl (C=O) groups is 4. The Morgan fingerprint density at radius 2 is 1.75 bits per heavy atom. The van der Waals surface area contributed by atoms with E-state index in [9.17, 15) is 27.6 Å². The summed E-state index contributed by atoms with van der Waals surface area (Å²) in [4.78, 5) is 52.8. The highest BCUT2D eigenvalue weighted by atomic mass is 32.2. The molecule has 2 atom stereocenters. The van der Waals surface area contributed by atoms with Crippen LogP contribution < -0.4 is 5.73 Å². The zero-order valence-corrected chi connectivity index (χ0v) is 27.0. The van der Waals surface area contributed by atoms with Crippen LogP contribution in [-0.4, -0.2) is 104 Å². The van der Waals surface area contributed by atoms with Gasteiger partial charge in [-0.3, -0.25) is 24.1 Å². The highest BCUT2D eigenvalue weighted by Gasteiger charge is 2.41. The lowest BCUT2D eigenvalue weighted by molar-refractivity contribution is -0.145. The van der Waals surface area contributed by atoms with Crippen molar-refractivity contribution < 1.29 is 32.3 Å². The highest BCUT2D eigenvalue weighted by Crippen LogP contribution is 2.26. The van der Waals surface area contributed by atoms with Crippen LogP contribution in [0.3, 0.4) is 0 Å². The fourth-order valence-corrected chi connectivity index (χ4v) is 6.83. The first kappa shape index (κ1) is 35.3. The van der Waals surface area contributed by atoms with Crippen LogP contribution in [0, 0.1) is 11.3 Å². The Hall–Kier alpha value is -3.23. The topological polar surface area (TPSA) is 172 Å². The lowest BCUT2D eigenvalue weighted by Gasteiger charge is -2.37. The number of nitrogens with two attached hydrogens (primary N) is 1. The van der Waals surface area contributed by atoms with Crippen LogP contribution in [0.4, 0.5) is 0 Å². The summed E-state index contributed by atoms with van der Waals surface area (Å²) in [5, 5.41) is 7.87. The summed E-state index contributed by atoms with van der Waals surface area (Å²) in [5.41, 5.74) is 5.85. The Bertz CT molecular complexity index is 1300. The minimum atomic E-state index is -3.80. The number of ether oxygens (including phenoxy) is 1. The van der Waals surface area contributed by atoms with E-state index in [-0.39, 0.29) is 38.6 Å². The second kappa shape index (κ2) is 15.7. The maximum atomic E-state index is 13.9. The number of esters is 1. The largest absolute Gasteiger partial charge is 0.465 e. The van der Waals surface area contributed by atoms with Crippen LogP contribution in [-0.2, 0) is 40.4 Å². The van der Waals surface area contributed by atoms with E-state index in [1.807, 2.05) is 49.1 Å². The monoisotopic (exact) mass is 634 g/mol. The molecular formula is C30H46N6O7S. The molecule has 2 aliphatic rings. The molecule has 13 nitrogen and oxygen atoms in total. The van der Waals surface area contributed by atoms with Crippen molar-refractivity contribution in [3.8, 4) is 0 Å². The zero-order valence-electron chi connectivity index (χ0n) is 26.2. The Morgan fingerprint density at radius 3 is 2.34 bits per heavy atom. The van der Waals surface area contributed by atoms with Crippen molar-refractivity contribution in [1.29, 1.82) is 0 Å². The SMILES string of the molecule is CC(=O)OCC(C)(C)CC(=O)N=NCN1CCC(CN([C@H](Cc2ccccc2)C(=O)N2CCC[C@H]2C(N)=O)S(C)(=O)=O)CC1. The maximum absolute atomic E-state index is 13.9. The molecule has 1 aromatic rings. The molecule has 0 aromatic heterocycles. The van der Waals surface area contributed by atoms with Gasteiger partial charge in [0, 0.05) is 44.9 Å². The Kier molecular flexibility index (Phi) is 12.6. The van der Waals surface area contributed by atoms with Gasteiger partial charge >= 0.3 is 5.97 Å². The van der Waals surface area contributed by atoms with Crippen molar-refractivity contribution in [2.45, 2.75) is 71.4 Å². The first-order valence-electron chi connectivity index (χ1n) is 15.0. The van der Waals surface area contributed by atoms with E-state index in [0.717, 1.165) is 11.8 Å². The summed E-state index contributed by atoms with van der Waals surface area (Å²) in [5.74, 6) is -1.79. The van der Waals surface area contributed by atoms with Gasteiger partial charge < -0.3 is 15.4 Å². The fourth-order valence-electron chi connectivity index (χ4n) is 5.72. The molecule has 1 aromatic carbocycles. The molecular weight excluding hydrogens is 588 g/mol. The third-order valence-corrected chi connectivity index (χ3v) is 9.34. The van der Waals surface area contributed by atoms with Crippen molar-refractivity contribution in [2.75, 3.05) is 45.7 Å². The van der Waals surface area contributed by atoms with Crippen molar-refractivity contribution in [3.63, 3.8) is 0 Å². The van der Waals surface area contributed by atoms with E-state index in [1.165, 1.54) is 16.1 Å². The summed E-state index contributed by atoms with van der Waals surface area (Å²) in [6.45, 7) is 7.07. The predicted octanol–water partition coefficient (Wildman–Crippen LogP) is 1.96. The quantitative estimate of drug-likeness (QED) is 0.239. The second-order valence-corrected chi connectivity index (χ2v) is 14.5. The normalized spacial score (nSPS) is 19.4. The summed E-state index contributed by atoms with van der Waals surface area (Å²) in [6.07, 6.45) is 3.83. The van der Waals surface area contributed by atoms with E-state index < -0.39 is 51.2 Å². The molecule has 2 saturated heterocycles. The number of carbonyl (C=O) groups excluding carboxylic acids is 4. The van der Waals surface area contributed by atoms with E-state index >= 15 is 0 Å². The molecule has 3 amide bonds. The number of hydrogen-bond donors (Lipinski definition) is 1. The number of likely N-dealkylation sites (tertiary alicyclic amines) is 2. The minimum Gasteiger partial charge on any atom is -0.465 e. The van der Waals surface area contributed by atoms with Gasteiger partial charge in [0.05, 0.1) is 12.9 Å². The molecule has 0 bridgehead atoms. The van der Waals surface area contributed by atoms with Gasteiger partial charge in [0.1, 0.15) is 18.8 Å². The van der Waals surface area contributed by atoms with E-state index in [4.69, 9.17) is 10.5 Å². The van der Waals surface area contributed by atoms with Gasteiger partial charge in [0.2, 0.25) is 21.8 Å². The molecule has 2 N–H and O–H groups in total. The van der Waals surface area contributed by atoms with Crippen LogP contribution >= 0.6 is 0 Å². The molecule has 2 fully saturated rings. The summed E-state index contributed by atoms with van der Waals surface area (Å²) in [6, 6.07) is 7.50. The summed E-state index contributed by atoms with van der Waals surface area (Å²) >= 11 is 0. The number of azo groups is 1. The van der Waals surface area contributed by atoms with Crippen LogP contribution in [0.5, 0.6) is 0 Å². The standard InChI is InChI=1S/C30H46N6O7S/c1-22(37)43-20-30(2,3)18-27(38)33-32-21-34-15-12-24(13-16-34)19-36(44(4,41)42)26(17-23-9-6-5-7-10-23)29(40)35-14-8-11-25(35)28(31)39/h5-7,9-10,24-26H,8,11-21H2,1-4H3,(H2,31,39)/t25-,26+/m0/s1. The third-order valence-electron chi connectivity index (χ3n) is 8.08. The molecule has 44 heavy (non-hydrogen) atoms. The number of primary amides is 1. The number of benzene rings is 1. The van der Waals surface area contributed by atoms with Crippen LogP contribution in [0.1, 0.15) is 58.4 Å². The molecule has 0 aliphatic carbocycles. The number of nitrogens with zero attached hydrogens (tertiary/aromatic N) is 5. The average molecular weight is 635 g/mol. The maximum Gasteiger partial charge on any atom is 0.302 e. The van der Waals surface area contributed by atoms with Gasteiger partial charge in [0.25, 0.3) is 5.91 Å². The first-order valence-corrected chi connectivity index (χ1v) is 16.9. The van der Waals surface area contributed by atoms with E-state index in [0.29, 0.717) is 45.3 Å². The van der Waals surface area contributed by atoms with Crippen LogP contribution in [0.15, 0.2) is 40.6 Å². The lowest BCUT2D eigenvalue weighted by Crippen LogP contribution is -2.56. The van der Waals surface area contributed by atoms with Gasteiger partial charge in [-0.25, -0.2) is 8.42 Å². The van der Waals surface area contributed by atoms with E-state index in [1.54, 1.807) is 0 Å². The summed E-state index contributed by atoms with van der Waals surface area (Å²) in [7, 11) is -3.80. The van der Waals surface area contributed by atoms with Crippen molar-refractivity contribution >= 4 is 33.7 Å². The van der Waals surface area contributed by atoms with Gasteiger partial charge in [0.15, 0.2) is 0 Å². The molecule has 0 unspecified atom stereocenters. The summed E-state index contributed by atoms with van der Waals surface area (Å²) < 4.78 is 32.7. The van der Waals surface area contributed by atoms with Crippen LogP contribution in [0.25, 0.3) is 0 Å². The molecule has 0 spiro atoms. The molecule has 2 heterocycles. The molecule has 3 rings (SSSR count). The number of rotatable bonds is 14. The van der Waals surface area contributed by atoms with Gasteiger partial charge in [-0.1, -0.05) is 44.2 Å². The Balaban J connectivity index is 1.64. The number of sulfonamides is 1. The zero-order chi connectivity index (χ0) is 32.5. The van der Waals surface area contributed by atoms with Crippen molar-refractivity contribution in [3.05, 3.63) is 35.9 Å². The van der Waals surface area contributed by atoms with Crippen molar-refractivity contribution in [1.82, 2.24) is 14.1 Å². The Labute approximate surface area is 260 Å². The minimum absolute atomic E-state index is 0.00166. The predicted molar refractivity (Wildman–Crippen MR) is 163 cm³/mol. The number of amides is 3. The molecule has 14 heteroatoms. The molecule has 0 radical (unpaired) electrons. The molecule has 0 saturated carbocycles.